The molecule has 2 aromatic rings. The molecule has 0 bridgehead atoms. The number of ketones is 1. The molecule has 1 N–H and O–H groups in total. The number of nitrogens with zero attached hydrogens (tertiary/aromatic N) is 2. The minimum Gasteiger partial charge on any atom is -0.355 e. The average molecular weight is 428 g/mol. The number of benzene rings is 2. The van der Waals surface area contributed by atoms with Crippen LogP contribution >= 0.6 is 11.6 Å². The molecule has 2 aromatic carbocycles. The van der Waals surface area contributed by atoms with Crippen molar-refractivity contribution in [3.8, 4) is 0 Å². The Morgan fingerprint density at radius 1 is 0.933 bits per heavy atom. The van der Waals surface area contributed by atoms with Gasteiger partial charge in [-0.15, -0.1) is 0 Å². The number of carbonyl (C=O) groups is 3. The Kier molecular flexibility index (Phi) is 7.60. The summed E-state index contributed by atoms with van der Waals surface area (Å²) in [7, 11) is 0. The second kappa shape index (κ2) is 10.4. The topological polar surface area (TPSA) is 69.7 Å². The second-order valence-electron chi connectivity index (χ2n) is 7.26. The van der Waals surface area contributed by atoms with Gasteiger partial charge in [-0.2, -0.15) is 0 Å². The summed E-state index contributed by atoms with van der Waals surface area (Å²) in [5.74, 6) is -0.368. The van der Waals surface area contributed by atoms with E-state index in [2.05, 4.69) is 10.2 Å². The van der Waals surface area contributed by atoms with Gasteiger partial charge in [0.1, 0.15) is 0 Å². The maximum absolute atomic E-state index is 13.2. The van der Waals surface area contributed by atoms with Crippen LogP contribution in [-0.4, -0.2) is 66.7 Å². The number of rotatable bonds is 6. The van der Waals surface area contributed by atoms with Crippen LogP contribution in [0.4, 0.5) is 0 Å². The molecule has 0 spiro atoms. The van der Waals surface area contributed by atoms with Crippen LogP contribution in [-0.2, 0) is 4.79 Å². The first-order chi connectivity index (χ1) is 14.5. The van der Waals surface area contributed by atoms with Gasteiger partial charge in [-0.1, -0.05) is 29.8 Å². The van der Waals surface area contributed by atoms with Crippen LogP contribution in [0.1, 0.15) is 39.6 Å². The monoisotopic (exact) mass is 427 g/mol. The molecule has 0 atom stereocenters. The summed E-state index contributed by atoms with van der Waals surface area (Å²) >= 11 is 5.92. The number of likely N-dealkylation sites (N-methyl/N-ethyl adjacent to an activating group) is 1. The Balaban J connectivity index is 1.73. The quantitative estimate of drug-likeness (QED) is 0.720. The van der Waals surface area contributed by atoms with Crippen molar-refractivity contribution in [2.24, 2.45) is 0 Å². The lowest BCUT2D eigenvalue weighted by atomic mass is 9.97. The number of amides is 2. The SMILES string of the molecule is CCNC(=O)CN1CCCN(C(=O)c2ccccc2C(=O)c2ccc(Cl)cc2)CC1. The van der Waals surface area contributed by atoms with Crippen LogP contribution in [0, 0.1) is 0 Å². The summed E-state index contributed by atoms with van der Waals surface area (Å²) in [6.07, 6.45) is 0.776. The van der Waals surface area contributed by atoms with E-state index >= 15 is 0 Å². The summed E-state index contributed by atoms with van der Waals surface area (Å²) in [6.45, 7) is 5.32. The van der Waals surface area contributed by atoms with E-state index in [9.17, 15) is 14.4 Å². The van der Waals surface area contributed by atoms with Gasteiger partial charge >= 0.3 is 0 Å². The van der Waals surface area contributed by atoms with Crippen molar-refractivity contribution < 1.29 is 14.4 Å². The van der Waals surface area contributed by atoms with E-state index in [0.29, 0.717) is 54.4 Å². The first-order valence-electron chi connectivity index (χ1n) is 10.2. The summed E-state index contributed by atoms with van der Waals surface area (Å²) in [5.41, 5.74) is 1.27. The van der Waals surface area contributed by atoms with E-state index in [0.717, 1.165) is 13.0 Å². The highest BCUT2D eigenvalue weighted by atomic mass is 35.5. The molecule has 1 heterocycles. The molecule has 7 heteroatoms. The van der Waals surface area contributed by atoms with Gasteiger partial charge in [-0.3, -0.25) is 19.3 Å². The predicted octanol–water partition coefficient (Wildman–Crippen LogP) is 2.86. The Morgan fingerprint density at radius 3 is 2.33 bits per heavy atom. The fourth-order valence-electron chi connectivity index (χ4n) is 3.58. The smallest absolute Gasteiger partial charge is 0.254 e. The van der Waals surface area contributed by atoms with Crippen molar-refractivity contribution in [2.75, 3.05) is 39.3 Å². The fourth-order valence-corrected chi connectivity index (χ4v) is 3.71. The van der Waals surface area contributed by atoms with Gasteiger partial charge in [0.2, 0.25) is 5.91 Å². The van der Waals surface area contributed by atoms with Crippen molar-refractivity contribution in [1.82, 2.24) is 15.1 Å². The van der Waals surface area contributed by atoms with Gasteiger partial charge in [0, 0.05) is 48.9 Å². The van der Waals surface area contributed by atoms with E-state index < -0.39 is 0 Å². The molecule has 158 valence electrons. The third kappa shape index (κ3) is 5.46. The number of nitrogens with one attached hydrogen (secondary N) is 1. The van der Waals surface area contributed by atoms with Gasteiger partial charge in [0.15, 0.2) is 5.78 Å². The predicted molar refractivity (Wildman–Crippen MR) is 117 cm³/mol. The Labute approximate surface area is 181 Å². The summed E-state index contributed by atoms with van der Waals surface area (Å²) < 4.78 is 0. The molecular weight excluding hydrogens is 402 g/mol. The number of hydrogen-bond acceptors (Lipinski definition) is 4. The standard InChI is InChI=1S/C23H26ClN3O3/c1-2-25-21(28)16-26-12-5-13-27(15-14-26)23(30)20-7-4-3-6-19(20)22(29)17-8-10-18(24)11-9-17/h3-4,6-11H,2,5,12-16H2,1H3,(H,25,28). The molecule has 30 heavy (non-hydrogen) atoms. The Hall–Kier alpha value is -2.70. The largest absolute Gasteiger partial charge is 0.355 e. The van der Waals surface area contributed by atoms with E-state index in [1.807, 2.05) is 6.92 Å². The van der Waals surface area contributed by atoms with Crippen LogP contribution in [0.5, 0.6) is 0 Å². The highest BCUT2D eigenvalue weighted by Gasteiger charge is 2.25. The lowest BCUT2D eigenvalue weighted by molar-refractivity contribution is -0.122. The summed E-state index contributed by atoms with van der Waals surface area (Å²) in [4.78, 5) is 41.9. The van der Waals surface area contributed by atoms with Crippen molar-refractivity contribution in [3.05, 3.63) is 70.2 Å². The molecule has 6 nitrogen and oxygen atoms in total. The lowest BCUT2D eigenvalue weighted by Crippen LogP contribution is -2.40. The maximum atomic E-state index is 13.2. The van der Waals surface area contributed by atoms with Gasteiger partial charge in [-0.05, 0) is 43.7 Å². The highest BCUT2D eigenvalue weighted by Crippen LogP contribution is 2.19. The van der Waals surface area contributed by atoms with Crippen LogP contribution < -0.4 is 5.32 Å². The fraction of sp³-hybridized carbons (Fsp3) is 0.348. The Bertz CT molecular complexity index is 914. The molecule has 0 aliphatic carbocycles. The highest BCUT2D eigenvalue weighted by molar-refractivity contribution is 6.30. The molecule has 0 radical (unpaired) electrons. The molecule has 1 aliphatic rings. The summed E-state index contributed by atoms with van der Waals surface area (Å²) in [6, 6.07) is 13.6. The molecule has 1 saturated heterocycles. The summed E-state index contributed by atoms with van der Waals surface area (Å²) in [5, 5.41) is 3.36. The van der Waals surface area contributed by atoms with Gasteiger partial charge in [-0.25, -0.2) is 0 Å². The Morgan fingerprint density at radius 2 is 1.63 bits per heavy atom. The number of halogens is 1. The normalized spacial score (nSPS) is 14.8. The van der Waals surface area contributed by atoms with Crippen LogP contribution in [0.15, 0.2) is 48.5 Å². The maximum Gasteiger partial charge on any atom is 0.254 e. The third-order valence-corrected chi connectivity index (χ3v) is 5.38. The zero-order valence-corrected chi connectivity index (χ0v) is 17.8. The zero-order valence-electron chi connectivity index (χ0n) is 17.1. The minimum absolute atomic E-state index is 0.00353. The average Bonchev–Trinajstić information content (AvgIpc) is 2.99. The van der Waals surface area contributed by atoms with E-state index in [1.165, 1.54) is 0 Å². The minimum atomic E-state index is -0.205. The molecule has 1 aliphatic heterocycles. The lowest BCUT2D eigenvalue weighted by Gasteiger charge is -2.22. The van der Waals surface area contributed by atoms with Crippen LogP contribution in [0.3, 0.4) is 0 Å². The molecule has 1 fully saturated rings. The molecule has 3 rings (SSSR count). The van der Waals surface area contributed by atoms with Crippen molar-refractivity contribution in [3.63, 3.8) is 0 Å². The van der Waals surface area contributed by atoms with Crippen molar-refractivity contribution in [2.45, 2.75) is 13.3 Å². The first-order valence-corrected chi connectivity index (χ1v) is 10.5. The van der Waals surface area contributed by atoms with Crippen molar-refractivity contribution in [1.29, 1.82) is 0 Å². The van der Waals surface area contributed by atoms with Gasteiger partial charge in [0.25, 0.3) is 5.91 Å². The molecular formula is C23H26ClN3O3. The van der Waals surface area contributed by atoms with E-state index in [-0.39, 0.29) is 17.6 Å². The zero-order chi connectivity index (χ0) is 21.5. The number of carbonyl (C=O) groups excluding carboxylic acids is 3. The second-order valence-corrected chi connectivity index (χ2v) is 7.69. The van der Waals surface area contributed by atoms with Gasteiger partial charge < -0.3 is 10.2 Å². The van der Waals surface area contributed by atoms with Crippen LogP contribution in [0.25, 0.3) is 0 Å². The van der Waals surface area contributed by atoms with Gasteiger partial charge in [0.05, 0.1) is 12.1 Å². The van der Waals surface area contributed by atoms with Crippen molar-refractivity contribution >= 4 is 29.2 Å². The third-order valence-electron chi connectivity index (χ3n) is 5.13. The molecule has 0 saturated carbocycles. The molecule has 0 aromatic heterocycles. The van der Waals surface area contributed by atoms with Crippen LogP contribution in [0.2, 0.25) is 5.02 Å². The molecule has 0 unspecified atom stereocenters. The molecule has 2 amide bonds. The first kappa shape index (κ1) is 22.0. The van der Waals surface area contributed by atoms with E-state index in [1.54, 1.807) is 53.4 Å². The number of hydrogen-bond donors (Lipinski definition) is 1. The van der Waals surface area contributed by atoms with E-state index in [4.69, 9.17) is 11.6 Å².